The average molecular weight is 236 g/mol. The Kier molecular flexibility index (Phi) is 2.47. The van der Waals surface area contributed by atoms with Crippen LogP contribution in [0.15, 0.2) is 18.2 Å². The minimum atomic E-state index is -0.250. The van der Waals surface area contributed by atoms with Crippen LogP contribution in [0.4, 0.5) is 15.8 Å². The molecule has 3 rings (SSSR count). The molecule has 17 heavy (non-hydrogen) atoms. The molecule has 2 saturated heterocycles. The van der Waals surface area contributed by atoms with Gasteiger partial charge in [0.15, 0.2) is 0 Å². The Hall–Kier alpha value is -1.29. The van der Waals surface area contributed by atoms with Crippen LogP contribution in [-0.4, -0.2) is 23.3 Å². The third kappa shape index (κ3) is 1.76. The number of nitrogens with two attached hydrogens (primary N) is 1. The van der Waals surface area contributed by atoms with Crippen molar-refractivity contribution in [2.45, 2.75) is 43.9 Å². The first kappa shape index (κ1) is 10.8. The molecule has 0 amide bonds. The van der Waals surface area contributed by atoms with E-state index in [0.29, 0.717) is 17.8 Å². The Morgan fingerprint density at radius 1 is 1.24 bits per heavy atom. The molecule has 0 aromatic heterocycles. The van der Waals surface area contributed by atoms with Crippen molar-refractivity contribution in [1.29, 1.82) is 0 Å². The predicted octanol–water partition coefficient (Wildman–Crippen LogP) is 1.90. The highest BCUT2D eigenvalue weighted by Gasteiger charge is 2.40. The van der Waals surface area contributed by atoms with Crippen LogP contribution in [0, 0.1) is 5.82 Å². The van der Waals surface area contributed by atoms with Crippen LogP contribution in [0.3, 0.4) is 0 Å². The Bertz CT molecular complexity index is 423. The first-order chi connectivity index (χ1) is 8.15. The molecule has 3 N–H and O–H groups in total. The summed E-state index contributed by atoms with van der Waals surface area (Å²) in [6.07, 6.45) is 3.47. The van der Waals surface area contributed by atoms with Crippen molar-refractivity contribution >= 4 is 11.4 Å². The summed E-state index contributed by atoms with van der Waals surface area (Å²) in [6, 6.07) is 5.15. The molecule has 1 aromatic rings. The SMILES string of the molecule is Nc1ccc(F)cc1N1C2CCC1CC(O)C2. The van der Waals surface area contributed by atoms with Crippen LogP contribution < -0.4 is 10.6 Å². The Labute approximate surface area is 100 Å². The van der Waals surface area contributed by atoms with Crippen LogP contribution >= 0.6 is 0 Å². The molecule has 0 aliphatic carbocycles. The van der Waals surface area contributed by atoms with Crippen molar-refractivity contribution in [3.8, 4) is 0 Å². The van der Waals surface area contributed by atoms with Gasteiger partial charge >= 0.3 is 0 Å². The first-order valence-electron chi connectivity index (χ1n) is 6.16. The number of aliphatic hydroxyl groups excluding tert-OH is 1. The summed E-state index contributed by atoms with van der Waals surface area (Å²) in [4.78, 5) is 2.21. The fourth-order valence-electron chi connectivity index (χ4n) is 3.28. The van der Waals surface area contributed by atoms with Crippen LogP contribution in [0.5, 0.6) is 0 Å². The average Bonchev–Trinajstić information content (AvgIpc) is 2.54. The van der Waals surface area contributed by atoms with Crippen LogP contribution in [-0.2, 0) is 0 Å². The Balaban J connectivity index is 1.97. The van der Waals surface area contributed by atoms with Gasteiger partial charge in [0.25, 0.3) is 0 Å². The summed E-state index contributed by atoms with van der Waals surface area (Å²) in [7, 11) is 0. The molecule has 1 aromatic carbocycles. The van der Waals surface area contributed by atoms with Gasteiger partial charge in [-0.2, -0.15) is 0 Å². The molecule has 2 aliphatic rings. The van der Waals surface area contributed by atoms with Crippen molar-refractivity contribution in [2.75, 3.05) is 10.6 Å². The lowest BCUT2D eigenvalue weighted by molar-refractivity contribution is 0.126. The second-order valence-electron chi connectivity index (χ2n) is 5.12. The number of benzene rings is 1. The molecule has 2 aliphatic heterocycles. The topological polar surface area (TPSA) is 49.5 Å². The van der Waals surface area contributed by atoms with Crippen molar-refractivity contribution < 1.29 is 9.50 Å². The van der Waals surface area contributed by atoms with Gasteiger partial charge in [-0.25, -0.2) is 4.39 Å². The van der Waals surface area contributed by atoms with Crippen molar-refractivity contribution in [3.05, 3.63) is 24.0 Å². The number of fused-ring (bicyclic) bond motifs is 2. The summed E-state index contributed by atoms with van der Waals surface area (Å²) in [5.74, 6) is -0.250. The zero-order chi connectivity index (χ0) is 12.0. The summed E-state index contributed by atoms with van der Waals surface area (Å²) in [5.41, 5.74) is 7.36. The van der Waals surface area contributed by atoms with E-state index < -0.39 is 0 Å². The maximum Gasteiger partial charge on any atom is 0.125 e. The van der Waals surface area contributed by atoms with Gasteiger partial charge in [-0.15, -0.1) is 0 Å². The van der Waals surface area contributed by atoms with Gasteiger partial charge in [0.05, 0.1) is 17.5 Å². The summed E-state index contributed by atoms with van der Waals surface area (Å²) in [6.45, 7) is 0. The van der Waals surface area contributed by atoms with Gasteiger partial charge < -0.3 is 15.7 Å². The minimum absolute atomic E-state index is 0.210. The fraction of sp³-hybridized carbons (Fsp3) is 0.538. The number of anilines is 2. The van der Waals surface area contributed by atoms with Crippen LogP contribution in [0.2, 0.25) is 0 Å². The number of nitrogens with zero attached hydrogens (tertiary/aromatic N) is 1. The van der Waals surface area contributed by atoms with Crippen LogP contribution in [0.25, 0.3) is 0 Å². The lowest BCUT2D eigenvalue weighted by Crippen LogP contribution is -2.45. The molecule has 0 radical (unpaired) electrons. The molecular weight excluding hydrogens is 219 g/mol. The number of rotatable bonds is 1. The van der Waals surface area contributed by atoms with Gasteiger partial charge in [0.2, 0.25) is 0 Å². The maximum atomic E-state index is 13.3. The largest absolute Gasteiger partial charge is 0.397 e. The van der Waals surface area contributed by atoms with E-state index in [1.807, 2.05) is 0 Å². The van der Waals surface area contributed by atoms with E-state index in [1.165, 1.54) is 12.1 Å². The van der Waals surface area contributed by atoms with E-state index in [1.54, 1.807) is 6.07 Å². The highest BCUT2D eigenvalue weighted by molar-refractivity contribution is 5.69. The van der Waals surface area contributed by atoms with Crippen molar-refractivity contribution in [3.63, 3.8) is 0 Å². The number of aliphatic hydroxyl groups is 1. The second kappa shape index (κ2) is 3.88. The minimum Gasteiger partial charge on any atom is -0.397 e. The van der Waals surface area contributed by atoms with Crippen LogP contribution in [0.1, 0.15) is 25.7 Å². The van der Waals surface area contributed by atoms with E-state index in [-0.39, 0.29) is 11.9 Å². The molecule has 2 heterocycles. The summed E-state index contributed by atoms with van der Waals surface area (Å²) in [5, 5.41) is 9.75. The lowest BCUT2D eigenvalue weighted by atomic mass is 9.98. The number of hydrogen-bond acceptors (Lipinski definition) is 3. The number of nitrogen functional groups attached to an aromatic ring is 1. The molecule has 2 unspecified atom stereocenters. The maximum absolute atomic E-state index is 13.3. The molecule has 2 fully saturated rings. The molecular formula is C13H17FN2O. The van der Waals surface area contributed by atoms with E-state index in [2.05, 4.69) is 4.90 Å². The van der Waals surface area contributed by atoms with E-state index in [4.69, 9.17) is 5.73 Å². The molecule has 92 valence electrons. The van der Waals surface area contributed by atoms with E-state index in [0.717, 1.165) is 31.4 Å². The van der Waals surface area contributed by atoms with E-state index in [9.17, 15) is 9.50 Å². The second-order valence-corrected chi connectivity index (χ2v) is 5.12. The highest BCUT2D eigenvalue weighted by atomic mass is 19.1. The molecule has 2 bridgehead atoms. The Morgan fingerprint density at radius 3 is 2.53 bits per heavy atom. The molecule has 0 saturated carbocycles. The number of hydrogen-bond donors (Lipinski definition) is 2. The zero-order valence-corrected chi connectivity index (χ0v) is 9.64. The molecule has 3 nitrogen and oxygen atoms in total. The zero-order valence-electron chi connectivity index (χ0n) is 9.64. The third-order valence-electron chi connectivity index (χ3n) is 3.98. The number of piperidine rings is 1. The van der Waals surface area contributed by atoms with Gasteiger partial charge in [-0.05, 0) is 43.9 Å². The van der Waals surface area contributed by atoms with Gasteiger partial charge in [0, 0.05) is 12.1 Å². The van der Waals surface area contributed by atoms with Gasteiger partial charge in [0.1, 0.15) is 5.82 Å². The van der Waals surface area contributed by atoms with Crippen molar-refractivity contribution in [2.24, 2.45) is 0 Å². The smallest absolute Gasteiger partial charge is 0.125 e. The van der Waals surface area contributed by atoms with E-state index >= 15 is 0 Å². The van der Waals surface area contributed by atoms with Gasteiger partial charge in [-0.3, -0.25) is 0 Å². The summed E-state index contributed by atoms with van der Waals surface area (Å²) >= 11 is 0. The Morgan fingerprint density at radius 2 is 1.88 bits per heavy atom. The standard InChI is InChI=1S/C13H17FN2O/c14-8-1-4-12(15)13(5-8)16-9-2-3-10(16)7-11(17)6-9/h1,4-5,9-11,17H,2-3,6-7,15H2. The lowest BCUT2D eigenvalue weighted by Gasteiger charge is -2.39. The monoisotopic (exact) mass is 236 g/mol. The predicted molar refractivity (Wildman–Crippen MR) is 65.3 cm³/mol. The molecule has 4 heteroatoms. The fourth-order valence-corrected chi connectivity index (χ4v) is 3.28. The first-order valence-corrected chi connectivity index (χ1v) is 6.16. The molecule has 0 spiro atoms. The highest BCUT2D eigenvalue weighted by Crippen LogP contribution is 2.41. The third-order valence-corrected chi connectivity index (χ3v) is 3.98. The number of halogens is 1. The van der Waals surface area contributed by atoms with Gasteiger partial charge in [-0.1, -0.05) is 0 Å². The quantitative estimate of drug-likeness (QED) is 0.732. The molecule has 2 atom stereocenters. The van der Waals surface area contributed by atoms with Crippen molar-refractivity contribution in [1.82, 2.24) is 0 Å². The summed E-state index contributed by atoms with van der Waals surface area (Å²) < 4.78 is 13.3. The normalized spacial score (nSPS) is 31.9.